The van der Waals surface area contributed by atoms with E-state index in [4.69, 9.17) is 4.74 Å². The highest BCUT2D eigenvalue weighted by Gasteiger charge is 2.32. The maximum atomic E-state index is 12.6. The molecule has 2 aromatic rings. The van der Waals surface area contributed by atoms with E-state index in [9.17, 15) is 9.59 Å². The molecule has 2 aromatic heterocycles. The Labute approximate surface area is 150 Å². The van der Waals surface area contributed by atoms with Gasteiger partial charge in [0.2, 0.25) is 11.8 Å². The number of nitrogens with zero attached hydrogens (tertiary/aromatic N) is 3. The number of aromatic nitrogens is 2. The van der Waals surface area contributed by atoms with E-state index >= 15 is 0 Å². The summed E-state index contributed by atoms with van der Waals surface area (Å²) < 4.78 is 6.92. The van der Waals surface area contributed by atoms with Gasteiger partial charge in [0.15, 0.2) is 0 Å². The second-order valence-electron chi connectivity index (χ2n) is 5.81. The van der Waals surface area contributed by atoms with Gasteiger partial charge in [-0.05, 0) is 30.9 Å². The third-order valence-electron chi connectivity index (χ3n) is 4.13. The van der Waals surface area contributed by atoms with Crippen LogP contribution in [-0.2, 0) is 27.3 Å². The number of rotatable bonds is 7. The minimum atomic E-state index is -0.507. The molecule has 0 saturated carbocycles. The van der Waals surface area contributed by atoms with Gasteiger partial charge in [0.25, 0.3) is 0 Å². The van der Waals surface area contributed by atoms with Gasteiger partial charge in [0.1, 0.15) is 12.6 Å². The van der Waals surface area contributed by atoms with Crippen molar-refractivity contribution in [3.05, 3.63) is 40.3 Å². The number of hydrogen-bond acceptors (Lipinski definition) is 5. The van der Waals surface area contributed by atoms with Gasteiger partial charge in [0.05, 0.1) is 18.8 Å². The molecule has 1 N–H and O–H groups in total. The van der Waals surface area contributed by atoms with Crippen molar-refractivity contribution in [2.24, 2.45) is 0 Å². The molecule has 8 heteroatoms. The Morgan fingerprint density at radius 1 is 1.44 bits per heavy atom. The fourth-order valence-corrected chi connectivity index (χ4v) is 3.55. The molecule has 1 unspecified atom stereocenters. The summed E-state index contributed by atoms with van der Waals surface area (Å²) in [5, 5.41) is 9.25. The summed E-state index contributed by atoms with van der Waals surface area (Å²) >= 11 is 1.68. The highest BCUT2D eigenvalue weighted by Crippen LogP contribution is 2.20. The predicted molar refractivity (Wildman–Crippen MR) is 94.2 cm³/mol. The average molecular weight is 362 g/mol. The first-order valence-corrected chi connectivity index (χ1v) is 9.25. The molecule has 134 valence electrons. The van der Waals surface area contributed by atoms with Crippen LogP contribution in [0.15, 0.2) is 29.8 Å². The molecule has 0 spiro atoms. The first-order chi connectivity index (χ1) is 12.2. The number of hydrogen-bond donors (Lipinski definition) is 1. The molecule has 0 aliphatic carbocycles. The van der Waals surface area contributed by atoms with Crippen LogP contribution in [0.25, 0.3) is 0 Å². The van der Waals surface area contributed by atoms with E-state index in [0.29, 0.717) is 26.2 Å². The molecule has 0 radical (unpaired) electrons. The van der Waals surface area contributed by atoms with E-state index < -0.39 is 6.04 Å². The summed E-state index contributed by atoms with van der Waals surface area (Å²) in [5.74, 6) is -0.221. The molecule has 3 rings (SSSR count). The predicted octanol–water partition coefficient (Wildman–Crippen LogP) is 1.22. The summed E-state index contributed by atoms with van der Waals surface area (Å²) in [7, 11) is 0. The van der Waals surface area contributed by atoms with Crippen molar-refractivity contribution < 1.29 is 14.3 Å². The van der Waals surface area contributed by atoms with Crippen molar-refractivity contribution >= 4 is 23.2 Å². The molecular weight excluding hydrogens is 340 g/mol. The van der Waals surface area contributed by atoms with Gasteiger partial charge in [-0.15, -0.1) is 11.3 Å². The highest BCUT2D eigenvalue weighted by molar-refractivity contribution is 7.09. The summed E-state index contributed by atoms with van der Waals surface area (Å²) in [6, 6.07) is 5.39. The molecule has 0 aromatic carbocycles. The Morgan fingerprint density at radius 3 is 3.08 bits per heavy atom. The van der Waals surface area contributed by atoms with Crippen LogP contribution < -0.4 is 5.32 Å². The van der Waals surface area contributed by atoms with Crippen LogP contribution in [0.4, 0.5) is 0 Å². The number of nitrogens with one attached hydrogen (secondary N) is 1. The van der Waals surface area contributed by atoms with Gasteiger partial charge in [-0.3, -0.25) is 14.3 Å². The number of fused-ring (bicyclic) bond motifs is 1. The van der Waals surface area contributed by atoms with Crippen molar-refractivity contribution in [3.63, 3.8) is 0 Å². The van der Waals surface area contributed by atoms with E-state index in [2.05, 4.69) is 16.5 Å². The third kappa shape index (κ3) is 4.26. The second-order valence-corrected chi connectivity index (χ2v) is 6.85. The van der Waals surface area contributed by atoms with Crippen molar-refractivity contribution in [2.45, 2.75) is 25.9 Å². The Hall–Kier alpha value is -2.19. The summed E-state index contributed by atoms with van der Waals surface area (Å²) in [6.07, 6.45) is 2.47. The van der Waals surface area contributed by atoms with Crippen molar-refractivity contribution in [1.82, 2.24) is 20.0 Å². The Balaban J connectivity index is 1.62. The maximum absolute atomic E-state index is 12.6. The number of thiophene rings is 1. The smallest absolute Gasteiger partial charge is 0.249 e. The van der Waals surface area contributed by atoms with Crippen molar-refractivity contribution in [3.8, 4) is 0 Å². The number of amides is 2. The van der Waals surface area contributed by atoms with Gasteiger partial charge in [0, 0.05) is 24.2 Å². The molecule has 7 nitrogen and oxygen atoms in total. The SMILES string of the molecule is CCOCC(=O)N1Cc2ccnn2C(C(=O)NCCc2cccs2)C1. The van der Waals surface area contributed by atoms with Gasteiger partial charge >= 0.3 is 0 Å². The zero-order chi connectivity index (χ0) is 17.6. The lowest BCUT2D eigenvalue weighted by Crippen LogP contribution is -2.48. The quantitative estimate of drug-likeness (QED) is 0.804. The lowest BCUT2D eigenvalue weighted by Gasteiger charge is -2.33. The standard InChI is InChI=1S/C17H22N4O3S/c1-2-24-12-16(22)20-10-13-5-8-19-21(13)15(11-20)17(23)18-7-6-14-4-3-9-25-14/h3-5,8-9,15H,2,6-7,10-12H2,1H3,(H,18,23). The van der Waals surface area contributed by atoms with Crippen molar-refractivity contribution in [2.75, 3.05) is 26.3 Å². The number of carbonyl (C=O) groups excluding carboxylic acids is 2. The van der Waals surface area contributed by atoms with E-state index in [0.717, 1.165) is 12.1 Å². The Morgan fingerprint density at radius 2 is 2.32 bits per heavy atom. The van der Waals surface area contributed by atoms with E-state index in [1.807, 2.05) is 24.4 Å². The zero-order valence-corrected chi connectivity index (χ0v) is 15.0. The van der Waals surface area contributed by atoms with Gasteiger partial charge < -0.3 is 15.0 Å². The monoisotopic (exact) mass is 362 g/mol. The molecule has 1 aliphatic rings. The van der Waals surface area contributed by atoms with E-state index in [1.54, 1.807) is 27.1 Å². The topological polar surface area (TPSA) is 76.5 Å². The minimum Gasteiger partial charge on any atom is -0.372 e. The van der Waals surface area contributed by atoms with Crippen LogP contribution in [-0.4, -0.2) is 52.8 Å². The third-order valence-corrected chi connectivity index (χ3v) is 5.07. The fraction of sp³-hybridized carbons (Fsp3) is 0.471. The van der Waals surface area contributed by atoms with Gasteiger partial charge in [-0.2, -0.15) is 5.10 Å². The molecule has 1 atom stereocenters. The first-order valence-electron chi connectivity index (χ1n) is 8.37. The highest BCUT2D eigenvalue weighted by atomic mass is 32.1. The molecular formula is C17H22N4O3S. The summed E-state index contributed by atoms with van der Waals surface area (Å²) in [5.41, 5.74) is 0.856. The lowest BCUT2D eigenvalue weighted by molar-refractivity contribution is -0.139. The van der Waals surface area contributed by atoms with Crippen LogP contribution in [0.5, 0.6) is 0 Å². The minimum absolute atomic E-state index is 0.0390. The number of carbonyl (C=O) groups is 2. The molecule has 0 saturated heterocycles. The largest absolute Gasteiger partial charge is 0.372 e. The molecule has 1 aliphatic heterocycles. The normalized spacial score (nSPS) is 16.5. The summed E-state index contributed by atoms with van der Waals surface area (Å²) in [6.45, 7) is 3.71. The van der Waals surface area contributed by atoms with E-state index in [-0.39, 0.29) is 18.4 Å². The number of ether oxygens (including phenoxy) is 1. The van der Waals surface area contributed by atoms with Crippen LogP contribution in [0.2, 0.25) is 0 Å². The molecule has 3 heterocycles. The summed E-state index contributed by atoms with van der Waals surface area (Å²) in [4.78, 5) is 27.8. The van der Waals surface area contributed by atoms with Gasteiger partial charge in [-0.25, -0.2) is 0 Å². The van der Waals surface area contributed by atoms with Crippen molar-refractivity contribution in [1.29, 1.82) is 0 Å². The zero-order valence-electron chi connectivity index (χ0n) is 14.2. The fourth-order valence-electron chi connectivity index (χ4n) is 2.84. The second kappa shape index (κ2) is 8.26. The maximum Gasteiger partial charge on any atom is 0.249 e. The molecule has 0 bridgehead atoms. The first kappa shape index (κ1) is 17.6. The van der Waals surface area contributed by atoms with E-state index in [1.165, 1.54) is 4.88 Å². The average Bonchev–Trinajstić information content (AvgIpc) is 3.29. The Bertz CT molecular complexity index is 713. The van der Waals surface area contributed by atoms with Crippen LogP contribution >= 0.6 is 11.3 Å². The van der Waals surface area contributed by atoms with Crippen LogP contribution in [0.3, 0.4) is 0 Å². The molecule has 0 fully saturated rings. The van der Waals surface area contributed by atoms with Crippen LogP contribution in [0, 0.1) is 0 Å². The molecule has 25 heavy (non-hydrogen) atoms. The molecule has 2 amide bonds. The lowest BCUT2D eigenvalue weighted by atomic mass is 10.1. The Kier molecular flexibility index (Phi) is 5.83. The van der Waals surface area contributed by atoms with Gasteiger partial charge in [-0.1, -0.05) is 6.07 Å². The van der Waals surface area contributed by atoms with Crippen LogP contribution in [0.1, 0.15) is 23.5 Å².